The second-order valence-corrected chi connectivity index (χ2v) is 4.62. The number of hydrogen-bond acceptors (Lipinski definition) is 2. The van der Waals surface area contributed by atoms with Crippen molar-refractivity contribution in [1.82, 2.24) is 0 Å². The van der Waals surface area contributed by atoms with Gasteiger partial charge < -0.3 is 16.4 Å². The first-order chi connectivity index (χ1) is 9.26. The maximum Gasteiger partial charge on any atom is 0.389 e. The fraction of sp³-hybridized carbons (Fsp3) is 0.462. The summed E-state index contributed by atoms with van der Waals surface area (Å²) in [6.45, 7) is 1.83. The number of anilines is 2. The largest absolute Gasteiger partial charge is 0.389 e. The van der Waals surface area contributed by atoms with Crippen molar-refractivity contribution in [2.45, 2.75) is 38.4 Å². The van der Waals surface area contributed by atoms with Crippen LogP contribution < -0.4 is 16.4 Å². The molecule has 1 rings (SSSR count). The number of halogens is 3. The summed E-state index contributed by atoms with van der Waals surface area (Å²) < 4.78 is 36.0. The van der Waals surface area contributed by atoms with Gasteiger partial charge >= 0.3 is 12.2 Å². The van der Waals surface area contributed by atoms with Crippen molar-refractivity contribution >= 4 is 17.4 Å². The standard InChI is InChI=1S/C13H18F3N3O/c1-9(3-2-8-13(14,15)16)18-10-4-6-11(7-5-10)19-12(17)20/h4-7,9,18H,2-3,8H2,1H3,(H3,17,19,20). The molecule has 0 heterocycles. The Hall–Kier alpha value is -1.92. The molecule has 0 radical (unpaired) electrons. The molecule has 1 atom stereocenters. The summed E-state index contributed by atoms with van der Waals surface area (Å²) in [5.74, 6) is 0. The third-order valence-electron chi connectivity index (χ3n) is 2.66. The van der Waals surface area contributed by atoms with E-state index in [-0.39, 0.29) is 12.5 Å². The van der Waals surface area contributed by atoms with Gasteiger partial charge in [0.2, 0.25) is 0 Å². The van der Waals surface area contributed by atoms with Gasteiger partial charge in [-0.05, 0) is 44.0 Å². The lowest BCUT2D eigenvalue weighted by Crippen LogP contribution is -2.19. The fourth-order valence-corrected chi connectivity index (χ4v) is 1.76. The second kappa shape index (κ2) is 7.02. The number of amides is 2. The van der Waals surface area contributed by atoms with Gasteiger partial charge in [-0.15, -0.1) is 0 Å². The Kier molecular flexibility index (Phi) is 5.66. The van der Waals surface area contributed by atoms with Crippen LogP contribution in [-0.2, 0) is 0 Å². The molecule has 20 heavy (non-hydrogen) atoms. The zero-order valence-corrected chi connectivity index (χ0v) is 11.1. The molecular weight excluding hydrogens is 271 g/mol. The van der Waals surface area contributed by atoms with Crippen LogP contribution in [0.5, 0.6) is 0 Å². The van der Waals surface area contributed by atoms with Gasteiger partial charge in [0.05, 0.1) is 0 Å². The van der Waals surface area contributed by atoms with Crippen LogP contribution in [0.25, 0.3) is 0 Å². The van der Waals surface area contributed by atoms with Crippen molar-refractivity contribution in [1.29, 1.82) is 0 Å². The SMILES string of the molecule is CC(CCCC(F)(F)F)Nc1ccc(NC(N)=O)cc1. The molecule has 112 valence electrons. The summed E-state index contributed by atoms with van der Waals surface area (Å²) >= 11 is 0. The van der Waals surface area contributed by atoms with E-state index in [9.17, 15) is 18.0 Å². The Morgan fingerprint density at radius 2 is 1.80 bits per heavy atom. The molecule has 0 aliphatic rings. The van der Waals surface area contributed by atoms with Crippen molar-refractivity contribution in [3.05, 3.63) is 24.3 Å². The number of carbonyl (C=O) groups is 1. The average molecular weight is 289 g/mol. The molecule has 0 spiro atoms. The van der Waals surface area contributed by atoms with Crippen LogP contribution in [0.1, 0.15) is 26.2 Å². The molecule has 1 aromatic rings. The number of alkyl halides is 3. The third-order valence-corrected chi connectivity index (χ3v) is 2.66. The van der Waals surface area contributed by atoms with Crippen LogP contribution in [0.3, 0.4) is 0 Å². The van der Waals surface area contributed by atoms with E-state index >= 15 is 0 Å². The topological polar surface area (TPSA) is 67.2 Å². The summed E-state index contributed by atoms with van der Waals surface area (Å²) in [5.41, 5.74) is 6.32. The Bertz CT molecular complexity index is 431. The fourth-order valence-electron chi connectivity index (χ4n) is 1.76. The maximum absolute atomic E-state index is 12.0. The number of nitrogens with one attached hydrogen (secondary N) is 2. The van der Waals surface area contributed by atoms with E-state index in [0.717, 1.165) is 5.69 Å². The van der Waals surface area contributed by atoms with Crippen molar-refractivity contribution in [2.24, 2.45) is 5.73 Å². The molecule has 4 nitrogen and oxygen atoms in total. The number of nitrogens with two attached hydrogens (primary N) is 1. The van der Waals surface area contributed by atoms with Gasteiger partial charge in [0, 0.05) is 23.8 Å². The molecule has 4 N–H and O–H groups in total. The number of benzene rings is 1. The molecule has 1 unspecified atom stereocenters. The highest BCUT2D eigenvalue weighted by molar-refractivity contribution is 5.87. The summed E-state index contributed by atoms with van der Waals surface area (Å²) in [4.78, 5) is 10.6. The summed E-state index contributed by atoms with van der Waals surface area (Å²) in [5, 5.41) is 5.52. The number of primary amides is 1. The molecule has 0 aliphatic heterocycles. The molecule has 0 fully saturated rings. The number of urea groups is 1. The lowest BCUT2D eigenvalue weighted by molar-refractivity contribution is -0.135. The van der Waals surface area contributed by atoms with E-state index in [0.29, 0.717) is 12.1 Å². The second-order valence-electron chi connectivity index (χ2n) is 4.62. The van der Waals surface area contributed by atoms with Crippen LogP contribution in [0.4, 0.5) is 29.3 Å². The number of rotatable bonds is 6. The minimum absolute atomic E-state index is 0.0627. The van der Waals surface area contributed by atoms with E-state index in [1.807, 2.05) is 6.92 Å². The zero-order valence-electron chi connectivity index (χ0n) is 11.1. The first-order valence-electron chi connectivity index (χ1n) is 6.26. The lowest BCUT2D eigenvalue weighted by atomic mass is 10.1. The van der Waals surface area contributed by atoms with Crippen molar-refractivity contribution in [2.75, 3.05) is 10.6 Å². The minimum Gasteiger partial charge on any atom is -0.383 e. The number of hydrogen-bond donors (Lipinski definition) is 3. The highest BCUT2D eigenvalue weighted by Gasteiger charge is 2.26. The summed E-state index contributed by atoms with van der Waals surface area (Å²) in [6.07, 6.45) is -4.33. The molecule has 0 saturated heterocycles. The van der Waals surface area contributed by atoms with Crippen molar-refractivity contribution in [3.63, 3.8) is 0 Å². The molecular formula is C13H18F3N3O. The van der Waals surface area contributed by atoms with Crippen LogP contribution in [0.15, 0.2) is 24.3 Å². The van der Waals surface area contributed by atoms with E-state index < -0.39 is 18.6 Å². The van der Waals surface area contributed by atoms with Gasteiger partial charge in [0.1, 0.15) is 0 Å². The third kappa shape index (κ3) is 6.86. The van der Waals surface area contributed by atoms with Crippen LogP contribution in [0, 0.1) is 0 Å². The Morgan fingerprint density at radius 1 is 1.25 bits per heavy atom. The normalized spacial score (nSPS) is 12.8. The molecule has 0 aliphatic carbocycles. The highest BCUT2D eigenvalue weighted by atomic mass is 19.4. The first kappa shape index (κ1) is 16.1. The molecule has 0 saturated carbocycles. The van der Waals surface area contributed by atoms with E-state index in [4.69, 9.17) is 5.73 Å². The maximum atomic E-state index is 12.0. The van der Waals surface area contributed by atoms with E-state index in [2.05, 4.69) is 10.6 Å². The monoisotopic (exact) mass is 289 g/mol. The smallest absolute Gasteiger partial charge is 0.383 e. The molecule has 0 aromatic heterocycles. The molecule has 0 bridgehead atoms. The quantitative estimate of drug-likeness (QED) is 0.747. The highest BCUT2D eigenvalue weighted by Crippen LogP contribution is 2.23. The Morgan fingerprint density at radius 3 is 2.30 bits per heavy atom. The number of carbonyl (C=O) groups excluding carboxylic acids is 1. The Labute approximate surface area is 115 Å². The molecule has 1 aromatic carbocycles. The lowest BCUT2D eigenvalue weighted by Gasteiger charge is -2.16. The Balaban J connectivity index is 2.38. The van der Waals surface area contributed by atoms with Gasteiger partial charge in [-0.25, -0.2) is 4.79 Å². The van der Waals surface area contributed by atoms with Gasteiger partial charge in [-0.2, -0.15) is 13.2 Å². The average Bonchev–Trinajstić information content (AvgIpc) is 2.29. The van der Waals surface area contributed by atoms with E-state index in [1.165, 1.54) is 0 Å². The van der Waals surface area contributed by atoms with Crippen LogP contribution in [-0.4, -0.2) is 18.2 Å². The van der Waals surface area contributed by atoms with Gasteiger partial charge in [-0.3, -0.25) is 0 Å². The summed E-state index contributed by atoms with van der Waals surface area (Å²) in [6, 6.07) is 6.07. The van der Waals surface area contributed by atoms with Crippen molar-refractivity contribution < 1.29 is 18.0 Å². The summed E-state index contributed by atoms with van der Waals surface area (Å²) in [7, 11) is 0. The van der Waals surface area contributed by atoms with Gasteiger partial charge in [-0.1, -0.05) is 0 Å². The molecule has 2 amide bonds. The first-order valence-corrected chi connectivity index (χ1v) is 6.26. The van der Waals surface area contributed by atoms with Crippen LogP contribution in [0.2, 0.25) is 0 Å². The van der Waals surface area contributed by atoms with E-state index in [1.54, 1.807) is 24.3 Å². The minimum atomic E-state index is -4.10. The predicted octanol–water partition coefficient (Wildman–Crippen LogP) is 3.71. The van der Waals surface area contributed by atoms with Gasteiger partial charge in [0.25, 0.3) is 0 Å². The molecule has 7 heteroatoms. The van der Waals surface area contributed by atoms with Crippen molar-refractivity contribution in [3.8, 4) is 0 Å². The van der Waals surface area contributed by atoms with Gasteiger partial charge in [0.15, 0.2) is 0 Å². The predicted molar refractivity (Wildman–Crippen MR) is 72.6 cm³/mol. The zero-order chi connectivity index (χ0) is 15.2. The van der Waals surface area contributed by atoms with Crippen LogP contribution >= 0.6 is 0 Å².